The van der Waals surface area contributed by atoms with Crippen molar-refractivity contribution in [2.75, 3.05) is 19.0 Å². The van der Waals surface area contributed by atoms with E-state index >= 15 is 0 Å². The van der Waals surface area contributed by atoms with Gasteiger partial charge in [0, 0.05) is 13.0 Å². The number of anilines is 1. The van der Waals surface area contributed by atoms with Crippen LogP contribution in [0, 0.1) is 17.2 Å². The summed E-state index contributed by atoms with van der Waals surface area (Å²) in [5, 5.41) is 11.2. The Bertz CT molecular complexity index is 1010. The first kappa shape index (κ1) is 21.5. The molecule has 1 fully saturated rings. The van der Waals surface area contributed by atoms with Gasteiger partial charge in [0.05, 0.1) is 17.9 Å². The van der Waals surface area contributed by atoms with Crippen molar-refractivity contribution in [1.29, 1.82) is 5.41 Å². The zero-order valence-corrected chi connectivity index (χ0v) is 17.7. The molecule has 5 N–H and O–H groups in total. The second kappa shape index (κ2) is 9.11. The van der Waals surface area contributed by atoms with Crippen LogP contribution in [0.3, 0.4) is 0 Å². The molecule has 1 aliphatic rings. The molecule has 0 radical (unpaired) electrons. The minimum Gasteiger partial charge on any atom is -0.493 e. The number of nitrogens with one attached hydrogen (secondary N) is 3. The first-order valence-electron chi connectivity index (χ1n) is 10.3. The van der Waals surface area contributed by atoms with Crippen LogP contribution in [-0.2, 0) is 11.2 Å². The molecule has 2 atom stereocenters. The number of aromatic amines is 1. The minimum atomic E-state index is -0.331. The topological polar surface area (TPSA) is 134 Å². The summed E-state index contributed by atoms with van der Waals surface area (Å²) < 4.78 is 5.77. The normalized spacial score (nSPS) is 17.4. The van der Waals surface area contributed by atoms with Gasteiger partial charge in [-0.15, -0.1) is 0 Å². The number of rotatable bonds is 10. The van der Waals surface area contributed by atoms with Gasteiger partial charge in [-0.25, -0.2) is 4.98 Å². The molecule has 2 aromatic rings. The average Bonchev–Trinajstić information content (AvgIpc) is 3.48. The Hall–Kier alpha value is -3.16. The van der Waals surface area contributed by atoms with Crippen molar-refractivity contribution in [3.05, 3.63) is 39.8 Å². The number of benzene rings is 1. The van der Waals surface area contributed by atoms with Crippen molar-refractivity contribution >= 4 is 17.3 Å². The van der Waals surface area contributed by atoms with Crippen LogP contribution in [-0.4, -0.2) is 35.2 Å². The fraction of sp³-hybridized carbons (Fsp3) is 0.455. The van der Waals surface area contributed by atoms with Gasteiger partial charge in [-0.3, -0.25) is 9.59 Å². The van der Waals surface area contributed by atoms with Crippen LogP contribution in [0.5, 0.6) is 5.75 Å². The lowest BCUT2D eigenvalue weighted by Crippen LogP contribution is -2.20. The van der Waals surface area contributed by atoms with Crippen LogP contribution >= 0.6 is 0 Å². The Morgan fingerprint density at radius 3 is 2.77 bits per heavy atom. The highest BCUT2D eigenvalue weighted by molar-refractivity contribution is 6.01. The molecule has 30 heavy (non-hydrogen) atoms. The number of amides is 1. The Kier molecular flexibility index (Phi) is 6.54. The molecule has 0 aliphatic heterocycles. The molecule has 3 rings (SSSR count). The maximum atomic E-state index is 12.7. The Morgan fingerprint density at radius 1 is 1.40 bits per heavy atom. The summed E-state index contributed by atoms with van der Waals surface area (Å²) >= 11 is 0. The second-order valence-electron chi connectivity index (χ2n) is 7.59. The molecule has 1 aliphatic carbocycles. The molecule has 1 saturated carbocycles. The highest BCUT2D eigenvalue weighted by atomic mass is 16.5. The number of aromatic nitrogens is 2. The molecule has 2 unspecified atom stereocenters. The number of hydrogen-bond acceptors (Lipinski definition) is 6. The van der Waals surface area contributed by atoms with Crippen molar-refractivity contribution in [3.63, 3.8) is 0 Å². The summed E-state index contributed by atoms with van der Waals surface area (Å²) in [5.74, 6) is 0.910. The number of carbonyl (C=O) groups is 1. The molecule has 1 amide bonds. The van der Waals surface area contributed by atoms with E-state index in [4.69, 9.17) is 15.9 Å². The van der Waals surface area contributed by atoms with Crippen LogP contribution in [0.15, 0.2) is 23.0 Å². The standard InChI is InChI=1S/C22H29N5O3/c1-4-6-16(23)18-19(25-3)22(29)27-21(26-18)15-10-12(7-8-17(15)30-5-2)9-13-11-14(13)20(24)28/h7-8,10,13-14,23,25H,4-6,9,11H2,1-3H3,(H2,24,28)(H,26,27,29). The molecule has 8 heteroatoms. The summed E-state index contributed by atoms with van der Waals surface area (Å²) in [4.78, 5) is 31.5. The van der Waals surface area contributed by atoms with E-state index in [1.165, 1.54) is 0 Å². The molecule has 1 aromatic heterocycles. The molecular formula is C22H29N5O3. The molecule has 1 aromatic carbocycles. The fourth-order valence-electron chi connectivity index (χ4n) is 3.71. The number of ether oxygens (including phenoxy) is 1. The maximum absolute atomic E-state index is 12.7. The summed E-state index contributed by atoms with van der Waals surface area (Å²) in [6.45, 7) is 4.34. The zero-order valence-electron chi connectivity index (χ0n) is 17.7. The van der Waals surface area contributed by atoms with E-state index in [9.17, 15) is 9.59 Å². The largest absolute Gasteiger partial charge is 0.493 e. The van der Waals surface area contributed by atoms with Crippen molar-refractivity contribution in [1.82, 2.24) is 9.97 Å². The smallest absolute Gasteiger partial charge is 0.275 e. The number of nitrogens with zero attached hydrogens (tertiary/aromatic N) is 1. The third kappa shape index (κ3) is 4.53. The van der Waals surface area contributed by atoms with Gasteiger partial charge in [-0.2, -0.15) is 0 Å². The van der Waals surface area contributed by atoms with E-state index in [1.807, 2.05) is 32.0 Å². The molecule has 8 nitrogen and oxygen atoms in total. The van der Waals surface area contributed by atoms with Crippen molar-refractivity contribution in [2.45, 2.75) is 39.5 Å². The number of primary amides is 1. The molecular weight excluding hydrogens is 382 g/mol. The van der Waals surface area contributed by atoms with Gasteiger partial charge in [0.15, 0.2) is 0 Å². The van der Waals surface area contributed by atoms with Crippen molar-refractivity contribution in [3.8, 4) is 17.1 Å². The lowest BCUT2D eigenvalue weighted by atomic mass is 10.0. The molecule has 0 bridgehead atoms. The lowest BCUT2D eigenvalue weighted by Gasteiger charge is -2.14. The van der Waals surface area contributed by atoms with Gasteiger partial charge in [0.25, 0.3) is 5.56 Å². The van der Waals surface area contributed by atoms with E-state index in [-0.39, 0.29) is 29.0 Å². The molecule has 0 saturated heterocycles. The third-order valence-electron chi connectivity index (χ3n) is 5.34. The number of hydrogen-bond donors (Lipinski definition) is 4. The average molecular weight is 412 g/mol. The predicted octanol–water partition coefficient (Wildman–Crippen LogP) is 2.71. The van der Waals surface area contributed by atoms with Crippen LogP contribution in [0.4, 0.5) is 5.69 Å². The van der Waals surface area contributed by atoms with Crippen molar-refractivity contribution < 1.29 is 9.53 Å². The first-order valence-corrected chi connectivity index (χ1v) is 10.3. The van der Waals surface area contributed by atoms with Crippen molar-refractivity contribution in [2.24, 2.45) is 17.6 Å². The Labute approximate surface area is 175 Å². The quantitative estimate of drug-likeness (QED) is 0.446. The minimum absolute atomic E-state index is 0.0611. The first-order chi connectivity index (χ1) is 14.4. The van der Waals surface area contributed by atoms with Crippen LogP contribution in [0.25, 0.3) is 11.4 Å². The van der Waals surface area contributed by atoms with E-state index in [2.05, 4.69) is 15.3 Å². The number of carbonyl (C=O) groups excluding carboxylic acids is 1. The fourth-order valence-corrected chi connectivity index (χ4v) is 3.71. The number of H-pyrrole nitrogens is 1. The van der Waals surface area contributed by atoms with Crippen LogP contribution in [0.2, 0.25) is 0 Å². The third-order valence-corrected chi connectivity index (χ3v) is 5.34. The highest BCUT2D eigenvalue weighted by Gasteiger charge is 2.41. The van der Waals surface area contributed by atoms with Gasteiger partial charge in [-0.05, 0) is 49.8 Å². The van der Waals surface area contributed by atoms with Crippen LogP contribution < -0.4 is 21.3 Å². The highest BCUT2D eigenvalue weighted by Crippen LogP contribution is 2.41. The Morgan fingerprint density at radius 2 is 2.17 bits per heavy atom. The second-order valence-corrected chi connectivity index (χ2v) is 7.59. The van der Waals surface area contributed by atoms with Crippen LogP contribution in [0.1, 0.15) is 44.4 Å². The van der Waals surface area contributed by atoms with E-state index in [0.29, 0.717) is 41.6 Å². The van der Waals surface area contributed by atoms with E-state index < -0.39 is 0 Å². The van der Waals surface area contributed by atoms with Gasteiger partial charge in [0.2, 0.25) is 5.91 Å². The summed E-state index contributed by atoms with van der Waals surface area (Å²) in [7, 11) is 1.64. The van der Waals surface area contributed by atoms with Gasteiger partial charge in [-0.1, -0.05) is 19.4 Å². The summed E-state index contributed by atoms with van der Waals surface area (Å²) in [6.07, 6.45) is 2.85. The SMILES string of the molecule is CCCC(=N)c1nc(-c2cc(CC3CC3C(N)=O)ccc2OCC)[nH]c(=O)c1NC. The predicted molar refractivity (Wildman–Crippen MR) is 117 cm³/mol. The monoisotopic (exact) mass is 411 g/mol. The number of nitrogens with two attached hydrogens (primary N) is 1. The zero-order chi connectivity index (χ0) is 21.8. The molecule has 1 heterocycles. The summed E-state index contributed by atoms with van der Waals surface area (Å²) in [6, 6.07) is 5.76. The molecule has 160 valence electrons. The maximum Gasteiger partial charge on any atom is 0.275 e. The van der Waals surface area contributed by atoms with E-state index in [1.54, 1.807) is 7.05 Å². The van der Waals surface area contributed by atoms with E-state index in [0.717, 1.165) is 24.8 Å². The van der Waals surface area contributed by atoms with Gasteiger partial charge < -0.3 is 26.2 Å². The lowest BCUT2D eigenvalue weighted by molar-refractivity contribution is -0.119. The van der Waals surface area contributed by atoms with Gasteiger partial charge >= 0.3 is 0 Å². The summed E-state index contributed by atoms with van der Waals surface area (Å²) in [5.41, 5.74) is 7.70. The molecule has 0 spiro atoms. The Balaban J connectivity index is 2.04. The van der Waals surface area contributed by atoms with Gasteiger partial charge in [0.1, 0.15) is 23.0 Å².